The number of likely N-dealkylation sites (tertiary alicyclic amines) is 1. The summed E-state index contributed by atoms with van der Waals surface area (Å²) in [6, 6.07) is 11.5. The van der Waals surface area contributed by atoms with Crippen molar-refractivity contribution < 1.29 is 9.47 Å². The molecule has 3 rings (SSSR count). The molecule has 122 valence electrons. The van der Waals surface area contributed by atoms with Crippen molar-refractivity contribution in [3.8, 4) is 0 Å². The quantitative estimate of drug-likeness (QED) is 0.841. The van der Waals surface area contributed by atoms with Crippen molar-refractivity contribution in [3.05, 3.63) is 35.9 Å². The van der Waals surface area contributed by atoms with Crippen LogP contribution < -0.4 is 0 Å². The summed E-state index contributed by atoms with van der Waals surface area (Å²) in [6.45, 7) is 8.62. The zero-order valence-corrected chi connectivity index (χ0v) is 14.1. The highest BCUT2D eigenvalue weighted by Gasteiger charge is 2.46. The highest BCUT2D eigenvalue weighted by Crippen LogP contribution is 2.40. The van der Waals surface area contributed by atoms with Crippen LogP contribution in [0.5, 0.6) is 0 Å². The third-order valence-electron chi connectivity index (χ3n) is 5.19. The molecule has 0 saturated carbocycles. The van der Waals surface area contributed by atoms with Gasteiger partial charge in [-0.25, -0.2) is 0 Å². The van der Waals surface area contributed by atoms with E-state index >= 15 is 0 Å². The summed E-state index contributed by atoms with van der Waals surface area (Å²) in [5, 5.41) is 0. The maximum absolute atomic E-state index is 6.54. The summed E-state index contributed by atoms with van der Waals surface area (Å²) >= 11 is 0. The third kappa shape index (κ3) is 2.94. The van der Waals surface area contributed by atoms with E-state index in [0.29, 0.717) is 18.7 Å². The summed E-state index contributed by atoms with van der Waals surface area (Å²) in [5.41, 5.74) is 1.15. The van der Waals surface area contributed by atoms with Crippen LogP contribution in [0.4, 0.5) is 0 Å². The average Bonchev–Trinajstić information content (AvgIpc) is 3.01. The van der Waals surface area contributed by atoms with Crippen LogP contribution in [0.3, 0.4) is 0 Å². The van der Waals surface area contributed by atoms with Gasteiger partial charge in [0.05, 0.1) is 6.61 Å². The van der Waals surface area contributed by atoms with Gasteiger partial charge in [0.2, 0.25) is 0 Å². The van der Waals surface area contributed by atoms with Crippen LogP contribution >= 0.6 is 0 Å². The van der Waals surface area contributed by atoms with Gasteiger partial charge in [-0.2, -0.15) is 0 Å². The molecule has 3 nitrogen and oxygen atoms in total. The molecule has 0 spiro atoms. The fraction of sp³-hybridized carbons (Fsp3) is 0.684. The molecule has 2 saturated heterocycles. The van der Waals surface area contributed by atoms with E-state index in [1.54, 1.807) is 0 Å². The largest absolute Gasteiger partial charge is 0.343 e. The number of hydrogen-bond donors (Lipinski definition) is 0. The van der Waals surface area contributed by atoms with Gasteiger partial charge in [-0.15, -0.1) is 0 Å². The van der Waals surface area contributed by atoms with Gasteiger partial charge in [0.15, 0.2) is 5.79 Å². The molecule has 0 radical (unpaired) electrons. The Labute approximate surface area is 134 Å². The second-order valence-electron chi connectivity index (χ2n) is 6.83. The van der Waals surface area contributed by atoms with Crippen molar-refractivity contribution in [2.45, 2.75) is 70.4 Å². The molecule has 0 bridgehead atoms. The minimum Gasteiger partial charge on any atom is -0.343 e. The number of rotatable bonds is 4. The molecular formula is C19H29NO2. The molecule has 0 aliphatic carbocycles. The molecule has 0 unspecified atom stereocenters. The fourth-order valence-corrected chi connectivity index (χ4v) is 3.97. The topological polar surface area (TPSA) is 21.7 Å². The molecule has 2 aliphatic rings. The predicted octanol–water partition coefficient (Wildman–Crippen LogP) is 3.93. The first-order valence-corrected chi connectivity index (χ1v) is 8.79. The van der Waals surface area contributed by atoms with Gasteiger partial charge >= 0.3 is 0 Å². The van der Waals surface area contributed by atoms with E-state index in [4.69, 9.17) is 9.47 Å². The molecule has 1 aromatic rings. The molecule has 0 aromatic heterocycles. The normalized spacial score (nSPS) is 33.5. The maximum atomic E-state index is 6.54. The summed E-state index contributed by atoms with van der Waals surface area (Å²) < 4.78 is 12.8. The molecule has 0 amide bonds. The monoisotopic (exact) mass is 303 g/mol. The minimum absolute atomic E-state index is 0.183. The SMILES string of the molecule is CC[C@]1(c2ccccc2)OC[C@H]([C@@H]2CCCCN2C(C)C)O1. The lowest BCUT2D eigenvalue weighted by atomic mass is 9.96. The first-order valence-electron chi connectivity index (χ1n) is 8.79. The molecule has 2 fully saturated rings. The molecular weight excluding hydrogens is 274 g/mol. The second-order valence-corrected chi connectivity index (χ2v) is 6.83. The minimum atomic E-state index is -0.550. The number of ether oxygens (including phenoxy) is 2. The first kappa shape index (κ1) is 16.0. The molecule has 0 N–H and O–H groups in total. The number of piperidine rings is 1. The van der Waals surface area contributed by atoms with Crippen molar-refractivity contribution in [3.63, 3.8) is 0 Å². The maximum Gasteiger partial charge on any atom is 0.195 e. The zero-order chi connectivity index (χ0) is 15.6. The van der Waals surface area contributed by atoms with Crippen LogP contribution in [0.15, 0.2) is 30.3 Å². The Kier molecular flexibility index (Phi) is 4.86. The molecule has 2 heterocycles. The molecule has 2 aliphatic heterocycles. The summed E-state index contributed by atoms with van der Waals surface area (Å²) in [5.74, 6) is -0.550. The van der Waals surface area contributed by atoms with Gasteiger partial charge in [0.1, 0.15) is 6.10 Å². The van der Waals surface area contributed by atoms with Gasteiger partial charge in [0.25, 0.3) is 0 Å². The lowest BCUT2D eigenvalue weighted by Crippen LogP contribution is -2.51. The van der Waals surface area contributed by atoms with Crippen molar-refractivity contribution in [2.75, 3.05) is 13.2 Å². The summed E-state index contributed by atoms with van der Waals surface area (Å²) in [4.78, 5) is 2.61. The zero-order valence-electron chi connectivity index (χ0n) is 14.1. The Balaban J connectivity index is 1.78. The average molecular weight is 303 g/mol. The first-order chi connectivity index (χ1) is 10.7. The van der Waals surface area contributed by atoms with E-state index in [1.807, 2.05) is 6.07 Å². The standard InChI is InChI=1S/C19H29NO2/c1-4-19(16-10-6-5-7-11-16)21-14-18(22-19)17-12-8-9-13-20(17)15(2)3/h5-7,10-11,15,17-18H,4,8-9,12-14H2,1-3H3/t17-,18+,19-/m0/s1. The van der Waals surface area contributed by atoms with Crippen LogP contribution in [-0.2, 0) is 15.3 Å². The summed E-state index contributed by atoms with van der Waals surface area (Å²) in [7, 11) is 0. The fourth-order valence-electron chi connectivity index (χ4n) is 3.97. The Hall–Kier alpha value is -0.900. The van der Waals surface area contributed by atoms with Crippen molar-refractivity contribution in [1.29, 1.82) is 0 Å². The van der Waals surface area contributed by atoms with Crippen molar-refractivity contribution in [2.24, 2.45) is 0 Å². The lowest BCUT2D eigenvalue weighted by Gasteiger charge is -2.41. The smallest absolute Gasteiger partial charge is 0.195 e. The van der Waals surface area contributed by atoms with E-state index < -0.39 is 5.79 Å². The van der Waals surface area contributed by atoms with Gasteiger partial charge in [-0.05, 0) is 33.2 Å². The Bertz CT molecular complexity index is 476. The van der Waals surface area contributed by atoms with Gasteiger partial charge in [-0.1, -0.05) is 43.7 Å². The summed E-state index contributed by atoms with van der Waals surface area (Å²) in [6.07, 6.45) is 4.86. The molecule has 3 heteroatoms. The van der Waals surface area contributed by atoms with E-state index in [2.05, 4.69) is 49.9 Å². The third-order valence-corrected chi connectivity index (χ3v) is 5.19. The van der Waals surface area contributed by atoms with Crippen LogP contribution in [0.2, 0.25) is 0 Å². The molecule has 1 aromatic carbocycles. The Morgan fingerprint density at radius 1 is 1.23 bits per heavy atom. The second kappa shape index (κ2) is 6.69. The molecule has 22 heavy (non-hydrogen) atoms. The number of nitrogens with zero attached hydrogens (tertiary/aromatic N) is 1. The van der Waals surface area contributed by atoms with Gasteiger partial charge in [0, 0.05) is 24.1 Å². The molecule has 3 atom stereocenters. The van der Waals surface area contributed by atoms with Crippen molar-refractivity contribution >= 4 is 0 Å². The van der Waals surface area contributed by atoms with Gasteiger partial charge in [-0.3, -0.25) is 4.90 Å². The van der Waals surface area contributed by atoms with Crippen LogP contribution in [-0.4, -0.2) is 36.2 Å². The van der Waals surface area contributed by atoms with Gasteiger partial charge < -0.3 is 9.47 Å². The van der Waals surface area contributed by atoms with Crippen molar-refractivity contribution in [1.82, 2.24) is 4.90 Å². The Morgan fingerprint density at radius 2 is 2.00 bits per heavy atom. The number of hydrogen-bond acceptors (Lipinski definition) is 3. The van der Waals surface area contributed by atoms with E-state index in [0.717, 1.165) is 12.0 Å². The lowest BCUT2D eigenvalue weighted by molar-refractivity contribution is -0.187. The highest BCUT2D eigenvalue weighted by molar-refractivity contribution is 5.21. The van der Waals surface area contributed by atoms with E-state index in [1.165, 1.54) is 25.8 Å². The highest BCUT2D eigenvalue weighted by atomic mass is 16.7. The van der Waals surface area contributed by atoms with Crippen LogP contribution in [0.1, 0.15) is 52.0 Å². The van der Waals surface area contributed by atoms with E-state index in [-0.39, 0.29) is 6.10 Å². The Morgan fingerprint density at radius 3 is 2.68 bits per heavy atom. The van der Waals surface area contributed by atoms with E-state index in [9.17, 15) is 0 Å². The van der Waals surface area contributed by atoms with Crippen LogP contribution in [0.25, 0.3) is 0 Å². The predicted molar refractivity (Wildman–Crippen MR) is 88.7 cm³/mol. The number of benzene rings is 1. The van der Waals surface area contributed by atoms with Crippen LogP contribution in [0, 0.1) is 0 Å².